The zero-order valence-corrected chi connectivity index (χ0v) is 13.2. The highest BCUT2D eigenvalue weighted by molar-refractivity contribution is 5.80. The highest BCUT2D eigenvalue weighted by Crippen LogP contribution is 2.22. The normalized spacial score (nSPS) is 11.3. The summed E-state index contributed by atoms with van der Waals surface area (Å²) >= 11 is 0. The minimum absolute atomic E-state index is 0.692. The first-order valence-corrected chi connectivity index (χ1v) is 7.44. The average molecular weight is 304 g/mol. The third-order valence-electron chi connectivity index (χ3n) is 3.73. The van der Waals surface area contributed by atoms with Gasteiger partial charge in [0, 0.05) is 11.4 Å². The van der Waals surface area contributed by atoms with Gasteiger partial charge in [0.1, 0.15) is 12.2 Å². The molecule has 0 saturated carbocycles. The van der Waals surface area contributed by atoms with Gasteiger partial charge >= 0.3 is 0 Å². The van der Waals surface area contributed by atoms with Crippen LogP contribution in [0.2, 0.25) is 0 Å². The van der Waals surface area contributed by atoms with Gasteiger partial charge in [-0.15, -0.1) is 0 Å². The van der Waals surface area contributed by atoms with E-state index in [1.165, 1.54) is 0 Å². The number of nitrogens with zero attached hydrogens (tertiary/aromatic N) is 6. The summed E-state index contributed by atoms with van der Waals surface area (Å²) in [6.07, 6.45) is 1.78. The van der Waals surface area contributed by atoms with Crippen molar-refractivity contribution in [2.45, 2.75) is 20.8 Å². The second kappa shape index (κ2) is 5.01. The Kier molecular flexibility index (Phi) is 2.97. The van der Waals surface area contributed by atoms with Crippen molar-refractivity contribution in [3.8, 4) is 11.5 Å². The van der Waals surface area contributed by atoms with Gasteiger partial charge in [-0.25, -0.2) is 19.6 Å². The first-order chi connectivity index (χ1) is 11.1. The molecule has 0 atom stereocenters. The molecule has 0 fully saturated rings. The van der Waals surface area contributed by atoms with Gasteiger partial charge in [0.15, 0.2) is 17.0 Å². The van der Waals surface area contributed by atoms with Crippen molar-refractivity contribution in [2.75, 3.05) is 0 Å². The third-order valence-corrected chi connectivity index (χ3v) is 3.73. The van der Waals surface area contributed by atoms with Crippen LogP contribution in [-0.4, -0.2) is 29.3 Å². The van der Waals surface area contributed by atoms with Crippen LogP contribution in [0.4, 0.5) is 0 Å². The van der Waals surface area contributed by atoms with Gasteiger partial charge in [-0.2, -0.15) is 5.10 Å². The predicted molar refractivity (Wildman–Crippen MR) is 88.0 cm³/mol. The average Bonchev–Trinajstić information content (AvgIpc) is 3.10. The van der Waals surface area contributed by atoms with Crippen LogP contribution in [0.25, 0.3) is 22.7 Å². The van der Waals surface area contributed by atoms with Crippen molar-refractivity contribution < 1.29 is 0 Å². The topological polar surface area (TPSA) is 61.4 Å². The van der Waals surface area contributed by atoms with Crippen molar-refractivity contribution in [2.24, 2.45) is 0 Å². The van der Waals surface area contributed by atoms with Crippen LogP contribution >= 0.6 is 0 Å². The van der Waals surface area contributed by atoms with E-state index >= 15 is 0 Å². The molecule has 3 aromatic heterocycles. The van der Waals surface area contributed by atoms with E-state index in [1.807, 2.05) is 66.4 Å². The van der Waals surface area contributed by atoms with Crippen LogP contribution in [0.15, 0.2) is 42.7 Å². The summed E-state index contributed by atoms with van der Waals surface area (Å²) in [5.74, 6) is 1.41. The van der Waals surface area contributed by atoms with E-state index in [1.54, 1.807) is 6.33 Å². The third kappa shape index (κ3) is 2.19. The van der Waals surface area contributed by atoms with Crippen LogP contribution < -0.4 is 0 Å². The smallest absolute Gasteiger partial charge is 0.185 e. The number of aromatic nitrogens is 6. The second-order valence-corrected chi connectivity index (χ2v) is 5.56. The Balaban J connectivity index is 2.01. The molecule has 0 aliphatic heterocycles. The first kappa shape index (κ1) is 13.6. The monoisotopic (exact) mass is 304 g/mol. The molecule has 0 amide bonds. The molecule has 0 aliphatic carbocycles. The SMILES string of the molecule is Cc1cc(C)n(-c2nc(C)nc3c2ncn3-c2ccccc2)n1. The van der Waals surface area contributed by atoms with E-state index in [2.05, 4.69) is 20.1 Å². The lowest BCUT2D eigenvalue weighted by molar-refractivity contribution is 0.801. The zero-order chi connectivity index (χ0) is 16.0. The summed E-state index contributed by atoms with van der Waals surface area (Å²) in [6.45, 7) is 5.87. The Morgan fingerprint density at radius 1 is 0.957 bits per heavy atom. The Morgan fingerprint density at radius 3 is 2.43 bits per heavy atom. The highest BCUT2D eigenvalue weighted by atomic mass is 15.3. The van der Waals surface area contributed by atoms with Crippen molar-refractivity contribution in [1.29, 1.82) is 0 Å². The fourth-order valence-corrected chi connectivity index (χ4v) is 2.76. The maximum Gasteiger partial charge on any atom is 0.185 e. The molecular formula is C17H16N6. The molecule has 0 bridgehead atoms. The molecule has 6 nitrogen and oxygen atoms in total. The standard InChI is InChI=1S/C17H16N6/c1-11-9-12(2)23(21-11)17-15-16(19-13(3)20-17)22(10-18-15)14-7-5-4-6-8-14/h4-10H,1-3H3. The van der Waals surface area contributed by atoms with E-state index in [0.29, 0.717) is 11.6 Å². The van der Waals surface area contributed by atoms with Crippen LogP contribution in [-0.2, 0) is 0 Å². The Labute approximate surface area is 133 Å². The molecule has 0 spiro atoms. The summed E-state index contributed by atoms with van der Waals surface area (Å²) < 4.78 is 3.80. The van der Waals surface area contributed by atoms with Gasteiger partial charge in [0.25, 0.3) is 0 Å². The molecular weight excluding hydrogens is 288 g/mol. The molecule has 0 saturated heterocycles. The maximum atomic E-state index is 4.58. The second-order valence-electron chi connectivity index (χ2n) is 5.56. The van der Waals surface area contributed by atoms with Gasteiger partial charge in [-0.05, 0) is 39.0 Å². The molecule has 3 heterocycles. The number of hydrogen-bond donors (Lipinski definition) is 0. The van der Waals surface area contributed by atoms with Crippen molar-refractivity contribution in [3.05, 3.63) is 59.9 Å². The molecule has 0 unspecified atom stereocenters. The number of para-hydroxylation sites is 1. The number of aryl methyl sites for hydroxylation is 3. The fourth-order valence-electron chi connectivity index (χ4n) is 2.76. The molecule has 0 N–H and O–H groups in total. The number of rotatable bonds is 2. The molecule has 4 aromatic rings. The van der Waals surface area contributed by atoms with Crippen molar-refractivity contribution >= 4 is 11.2 Å². The quantitative estimate of drug-likeness (QED) is 0.571. The van der Waals surface area contributed by atoms with E-state index in [9.17, 15) is 0 Å². The number of hydrogen-bond acceptors (Lipinski definition) is 4. The van der Waals surface area contributed by atoms with Crippen molar-refractivity contribution in [1.82, 2.24) is 29.3 Å². The van der Waals surface area contributed by atoms with Crippen LogP contribution in [0, 0.1) is 20.8 Å². The number of benzene rings is 1. The lowest BCUT2D eigenvalue weighted by atomic mass is 10.3. The lowest BCUT2D eigenvalue weighted by Crippen LogP contribution is -2.06. The van der Waals surface area contributed by atoms with Gasteiger partial charge in [0.05, 0.1) is 5.69 Å². The summed E-state index contributed by atoms with van der Waals surface area (Å²) in [5, 5.41) is 4.53. The largest absolute Gasteiger partial charge is 0.283 e. The summed E-state index contributed by atoms with van der Waals surface area (Å²) in [5.41, 5.74) is 4.52. The lowest BCUT2D eigenvalue weighted by Gasteiger charge is -2.07. The molecule has 1 aromatic carbocycles. The van der Waals surface area contributed by atoms with E-state index in [4.69, 9.17) is 0 Å². The highest BCUT2D eigenvalue weighted by Gasteiger charge is 2.16. The van der Waals surface area contributed by atoms with Crippen LogP contribution in [0.5, 0.6) is 0 Å². The van der Waals surface area contributed by atoms with E-state index in [-0.39, 0.29) is 0 Å². The zero-order valence-electron chi connectivity index (χ0n) is 13.2. The van der Waals surface area contributed by atoms with Gasteiger partial charge in [0.2, 0.25) is 0 Å². The molecule has 0 aliphatic rings. The summed E-state index contributed by atoms with van der Waals surface area (Å²) in [7, 11) is 0. The van der Waals surface area contributed by atoms with E-state index < -0.39 is 0 Å². The Morgan fingerprint density at radius 2 is 1.74 bits per heavy atom. The number of fused-ring (bicyclic) bond motifs is 1. The Bertz CT molecular complexity index is 997. The van der Waals surface area contributed by atoms with E-state index in [0.717, 1.165) is 28.2 Å². The molecule has 4 rings (SSSR count). The van der Waals surface area contributed by atoms with Gasteiger partial charge in [-0.3, -0.25) is 4.57 Å². The Hall–Kier alpha value is -3.02. The van der Waals surface area contributed by atoms with Crippen LogP contribution in [0.1, 0.15) is 17.2 Å². The molecule has 0 radical (unpaired) electrons. The molecule has 23 heavy (non-hydrogen) atoms. The van der Waals surface area contributed by atoms with Gasteiger partial charge in [-0.1, -0.05) is 18.2 Å². The molecule has 6 heteroatoms. The molecule has 114 valence electrons. The van der Waals surface area contributed by atoms with Crippen LogP contribution in [0.3, 0.4) is 0 Å². The predicted octanol–water partition coefficient (Wildman–Crippen LogP) is 2.93. The minimum Gasteiger partial charge on any atom is -0.283 e. The summed E-state index contributed by atoms with van der Waals surface area (Å²) in [4.78, 5) is 13.7. The number of imidazole rings is 1. The summed E-state index contributed by atoms with van der Waals surface area (Å²) in [6, 6.07) is 12.1. The maximum absolute atomic E-state index is 4.58. The fraction of sp³-hybridized carbons (Fsp3) is 0.176. The minimum atomic E-state index is 0.692. The van der Waals surface area contributed by atoms with Gasteiger partial charge < -0.3 is 0 Å². The first-order valence-electron chi connectivity index (χ1n) is 7.44. The van der Waals surface area contributed by atoms with Crippen molar-refractivity contribution in [3.63, 3.8) is 0 Å².